The van der Waals surface area contributed by atoms with Crippen LogP contribution in [0.3, 0.4) is 0 Å². The first-order valence-corrected chi connectivity index (χ1v) is 9.15. The van der Waals surface area contributed by atoms with E-state index in [9.17, 15) is 13.5 Å². The lowest BCUT2D eigenvalue weighted by atomic mass is 10.2. The number of benzene rings is 1. The minimum absolute atomic E-state index is 0.109. The molecule has 0 amide bonds. The third kappa shape index (κ3) is 3.95. The fraction of sp³-hybridized carbons (Fsp3) is 0.500. The summed E-state index contributed by atoms with van der Waals surface area (Å²) in [6.45, 7) is 1.99. The molecule has 0 aliphatic carbocycles. The summed E-state index contributed by atoms with van der Waals surface area (Å²) in [6.07, 6.45) is -0.954. The second-order valence-electron chi connectivity index (χ2n) is 5.70. The summed E-state index contributed by atoms with van der Waals surface area (Å²) >= 11 is 5.40. The Morgan fingerprint density at radius 2 is 1.86 bits per heavy atom. The lowest BCUT2D eigenvalue weighted by Gasteiger charge is -2.37. The molecular formula is C14H21N3O3S2. The molecule has 0 aromatic heterocycles. The fourth-order valence-corrected chi connectivity index (χ4v) is 4.67. The monoisotopic (exact) mass is 343 g/mol. The van der Waals surface area contributed by atoms with Gasteiger partial charge in [0, 0.05) is 19.8 Å². The maximum atomic E-state index is 11.7. The highest BCUT2D eigenvalue weighted by Gasteiger charge is 2.42. The molecule has 0 bridgehead atoms. The van der Waals surface area contributed by atoms with Crippen LogP contribution >= 0.6 is 12.2 Å². The molecule has 122 valence electrons. The molecule has 0 unspecified atom stereocenters. The summed E-state index contributed by atoms with van der Waals surface area (Å²) < 4.78 is 23.5. The number of sulfone groups is 1. The Bertz CT molecular complexity index is 644. The molecule has 1 aliphatic heterocycles. The Balaban J connectivity index is 2.17. The van der Waals surface area contributed by atoms with Gasteiger partial charge in [-0.25, -0.2) is 13.4 Å². The minimum atomic E-state index is -3.24. The molecule has 0 saturated carbocycles. The van der Waals surface area contributed by atoms with Gasteiger partial charge in [0.15, 0.2) is 14.9 Å². The minimum Gasteiger partial charge on any atom is -0.390 e. The molecule has 6 nitrogen and oxygen atoms in total. The summed E-state index contributed by atoms with van der Waals surface area (Å²) in [5, 5.41) is 16.8. The van der Waals surface area contributed by atoms with E-state index in [1.807, 2.05) is 31.2 Å². The van der Waals surface area contributed by atoms with E-state index in [4.69, 9.17) is 12.2 Å². The van der Waals surface area contributed by atoms with Crippen molar-refractivity contribution in [2.45, 2.75) is 19.1 Å². The number of thiocarbonyl (C=S) groups is 1. The normalized spacial score (nSPS) is 23.5. The van der Waals surface area contributed by atoms with Gasteiger partial charge in [-0.15, -0.1) is 0 Å². The van der Waals surface area contributed by atoms with Crippen LogP contribution in [0.25, 0.3) is 0 Å². The smallest absolute Gasteiger partial charge is 0.188 e. The summed E-state index contributed by atoms with van der Waals surface area (Å²) in [7, 11) is 0.288. The molecule has 1 aromatic carbocycles. The number of hydrogen-bond donors (Lipinski definition) is 2. The number of anilines is 1. The molecule has 1 fully saturated rings. The molecule has 2 atom stereocenters. The lowest BCUT2D eigenvalue weighted by molar-refractivity contribution is 0.0165. The first-order chi connectivity index (χ1) is 10.2. The number of aliphatic hydroxyl groups is 1. The molecule has 1 heterocycles. The number of hydrogen-bond acceptors (Lipinski definition) is 5. The van der Waals surface area contributed by atoms with E-state index in [2.05, 4.69) is 5.32 Å². The molecule has 2 N–H and O–H groups in total. The molecule has 2 rings (SSSR count). The Hall–Kier alpha value is -1.22. The van der Waals surface area contributed by atoms with Crippen LogP contribution in [-0.2, 0) is 9.84 Å². The number of aliphatic hydroxyl groups excluding tert-OH is 1. The largest absolute Gasteiger partial charge is 0.390 e. The zero-order valence-corrected chi connectivity index (χ0v) is 14.5. The second-order valence-corrected chi connectivity index (χ2v) is 8.24. The first-order valence-electron chi connectivity index (χ1n) is 6.92. The van der Waals surface area contributed by atoms with Gasteiger partial charge in [0.25, 0.3) is 0 Å². The molecule has 0 spiro atoms. The topological polar surface area (TPSA) is 72.9 Å². The quantitative estimate of drug-likeness (QED) is 0.616. The van der Waals surface area contributed by atoms with Crippen molar-refractivity contribution < 1.29 is 13.5 Å². The van der Waals surface area contributed by atoms with Crippen molar-refractivity contribution in [3.63, 3.8) is 0 Å². The summed E-state index contributed by atoms with van der Waals surface area (Å²) in [5.74, 6) is -0.336. The first kappa shape index (κ1) is 17.1. The van der Waals surface area contributed by atoms with Gasteiger partial charge in [0.05, 0.1) is 23.7 Å². The van der Waals surface area contributed by atoms with Gasteiger partial charge < -0.3 is 10.4 Å². The summed E-state index contributed by atoms with van der Waals surface area (Å²) in [4.78, 5) is 0. The third-order valence-electron chi connectivity index (χ3n) is 3.55. The van der Waals surface area contributed by atoms with Crippen LogP contribution < -0.4 is 5.32 Å². The number of rotatable bonds is 3. The van der Waals surface area contributed by atoms with Crippen LogP contribution in [0.1, 0.15) is 5.56 Å². The Kier molecular flexibility index (Phi) is 5.06. The van der Waals surface area contributed by atoms with Crippen molar-refractivity contribution in [1.82, 2.24) is 10.0 Å². The van der Waals surface area contributed by atoms with Gasteiger partial charge in [-0.1, -0.05) is 17.7 Å². The van der Waals surface area contributed by atoms with E-state index in [1.165, 1.54) is 0 Å². The molecule has 1 aliphatic rings. The molecule has 1 aromatic rings. The highest BCUT2D eigenvalue weighted by Crippen LogP contribution is 2.21. The van der Waals surface area contributed by atoms with Crippen molar-refractivity contribution in [3.05, 3.63) is 29.8 Å². The number of hydrazine groups is 1. The Morgan fingerprint density at radius 3 is 2.32 bits per heavy atom. The second kappa shape index (κ2) is 6.49. The molecule has 22 heavy (non-hydrogen) atoms. The molecule has 0 radical (unpaired) electrons. The van der Waals surface area contributed by atoms with Gasteiger partial charge in [0.2, 0.25) is 0 Å². The van der Waals surface area contributed by atoms with Crippen molar-refractivity contribution in [3.8, 4) is 0 Å². The van der Waals surface area contributed by atoms with E-state index in [0.717, 1.165) is 11.3 Å². The average Bonchev–Trinajstić information content (AvgIpc) is 2.65. The van der Waals surface area contributed by atoms with Gasteiger partial charge in [0.1, 0.15) is 0 Å². The maximum Gasteiger partial charge on any atom is 0.188 e. The van der Waals surface area contributed by atoms with Crippen molar-refractivity contribution in [2.24, 2.45) is 0 Å². The van der Waals surface area contributed by atoms with Crippen LogP contribution in [0.4, 0.5) is 5.69 Å². The number of aryl methyl sites for hydroxylation is 1. The Labute approximate surface area is 136 Å². The van der Waals surface area contributed by atoms with Crippen LogP contribution in [-0.4, -0.2) is 66.4 Å². The SMILES string of the molecule is Cc1ccc(NC(=S)N([C@@H]2CS(=O)(=O)C[C@H]2O)N(C)C)cc1. The zero-order valence-electron chi connectivity index (χ0n) is 12.9. The average molecular weight is 343 g/mol. The standard InChI is InChI=1S/C14H21N3O3S2/c1-10-4-6-11(7-5-10)15-14(21)17(16(2)3)12-8-22(19,20)9-13(12)18/h4-7,12-13,18H,8-9H2,1-3H3,(H,15,21)/t12-,13-/m1/s1. The van der Waals surface area contributed by atoms with Crippen molar-refractivity contribution >= 4 is 32.9 Å². The Morgan fingerprint density at radius 1 is 1.27 bits per heavy atom. The zero-order chi connectivity index (χ0) is 16.5. The highest BCUT2D eigenvalue weighted by atomic mass is 32.2. The van der Waals surface area contributed by atoms with E-state index >= 15 is 0 Å². The van der Waals surface area contributed by atoms with E-state index in [1.54, 1.807) is 24.1 Å². The predicted octanol–water partition coefficient (Wildman–Crippen LogP) is 0.628. The van der Waals surface area contributed by atoms with E-state index < -0.39 is 22.0 Å². The summed E-state index contributed by atoms with van der Waals surface area (Å²) in [5.41, 5.74) is 1.95. The van der Waals surface area contributed by atoms with Crippen molar-refractivity contribution in [1.29, 1.82) is 0 Å². The van der Waals surface area contributed by atoms with Crippen LogP contribution in [0, 0.1) is 6.92 Å². The summed E-state index contributed by atoms with van der Waals surface area (Å²) in [6, 6.07) is 7.14. The van der Waals surface area contributed by atoms with Gasteiger partial charge >= 0.3 is 0 Å². The fourth-order valence-electron chi connectivity index (χ4n) is 2.49. The van der Waals surface area contributed by atoms with Gasteiger partial charge in [-0.2, -0.15) is 0 Å². The molecule has 1 saturated heterocycles. The highest BCUT2D eigenvalue weighted by molar-refractivity contribution is 7.91. The van der Waals surface area contributed by atoms with E-state index in [-0.39, 0.29) is 11.5 Å². The van der Waals surface area contributed by atoms with E-state index in [0.29, 0.717) is 5.11 Å². The van der Waals surface area contributed by atoms with Crippen LogP contribution in [0.15, 0.2) is 24.3 Å². The van der Waals surface area contributed by atoms with Crippen LogP contribution in [0.5, 0.6) is 0 Å². The van der Waals surface area contributed by atoms with Crippen LogP contribution in [0.2, 0.25) is 0 Å². The number of nitrogens with one attached hydrogen (secondary N) is 1. The molecular weight excluding hydrogens is 322 g/mol. The maximum absolute atomic E-state index is 11.7. The predicted molar refractivity (Wildman–Crippen MR) is 91.4 cm³/mol. The molecule has 8 heteroatoms. The third-order valence-corrected chi connectivity index (χ3v) is 5.54. The lowest BCUT2D eigenvalue weighted by Crippen LogP contribution is -2.54. The number of nitrogens with zero attached hydrogens (tertiary/aromatic N) is 2. The van der Waals surface area contributed by atoms with Gasteiger partial charge in [-0.3, -0.25) is 5.01 Å². The van der Waals surface area contributed by atoms with Crippen molar-refractivity contribution in [2.75, 3.05) is 30.9 Å². The van der Waals surface area contributed by atoms with Gasteiger partial charge in [-0.05, 0) is 31.3 Å².